The number of esters is 1. The highest BCUT2D eigenvalue weighted by Gasteiger charge is 2.47. The third kappa shape index (κ3) is 48.9. The van der Waals surface area contributed by atoms with Crippen molar-refractivity contribution in [3.05, 3.63) is 60.8 Å². The van der Waals surface area contributed by atoms with Gasteiger partial charge in [-0.3, -0.25) is 9.59 Å². The van der Waals surface area contributed by atoms with Crippen LogP contribution in [0.3, 0.4) is 0 Å². The second-order valence-corrected chi connectivity index (χ2v) is 25.0. The van der Waals surface area contributed by atoms with Crippen LogP contribution in [0.5, 0.6) is 0 Å². The molecule has 0 radical (unpaired) electrons. The molecular formula is C74H135NO10. The van der Waals surface area contributed by atoms with E-state index in [0.29, 0.717) is 19.3 Å². The molecule has 1 amide bonds. The van der Waals surface area contributed by atoms with Crippen molar-refractivity contribution in [2.75, 3.05) is 13.2 Å². The fraction of sp³-hybridized carbons (Fsp3) is 0.838. The van der Waals surface area contributed by atoms with E-state index >= 15 is 0 Å². The number of carbonyl (C=O) groups excluding carboxylic acids is 2. The molecule has 6 N–H and O–H groups in total. The molecule has 1 aliphatic heterocycles. The highest BCUT2D eigenvalue weighted by atomic mass is 16.7. The fourth-order valence-electron chi connectivity index (χ4n) is 11.2. The minimum Gasteiger partial charge on any atom is -0.454 e. The van der Waals surface area contributed by atoms with Gasteiger partial charge in [-0.2, -0.15) is 0 Å². The van der Waals surface area contributed by atoms with Crippen LogP contribution in [-0.2, 0) is 23.8 Å². The van der Waals surface area contributed by atoms with Gasteiger partial charge in [0.2, 0.25) is 5.91 Å². The Labute approximate surface area is 522 Å². The zero-order chi connectivity index (χ0) is 61.7. The summed E-state index contributed by atoms with van der Waals surface area (Å²) in [6.45, 7) is 5.78. The Hall–Kier alpha value is -2.64. The van der Waals surface area contributed by atoms with Gasteiger partial charge in [0.25, 0.3) is 0 Å². The number of rotatable bonds is 62. The molecule has 496 valence electrons. The van der Waals surface area contributed by atoms with Crippen molar-refractivity contribution in [3.63, 3.8) is 0 Å². The number of carbonyl (C=O) groups is 2. The maximum Gasteiger partial charge on any atom is 0.306 e. The Morgan fingerprint density at radius 1 is 0.459 bits per heavy atom. The number of nitrogens with one attached hydrogen (secondary N) is 1. The molecule has 0 aromatic heterocycles. The van der Waals surface area contributed by atoms with Gasteiger partial charge in [0.15, 0.2) is 12.4 Å². The minimum atomic E-state index is -1.62. The average Bonchev–Trinajstić information content (AvgIpc) is 3.17. The molecule has 1 heterocycles. The third-order valence-electron chi connectivity index (χ3n) is 16.9. The summed E-state index contributed by atoms with van der Waals surface area (Å²) in [4.78, 5) is 26.7. The lowest BCUT2D eigenvalue weighted by atomic mass is 9.99. The van der Waals surface area contributed by atoms with Crippen LogP contribution in [0.25, 0.3) is 0 Å². The van der Waals surface area contributed by atoms with E-state index in [0.717, 1.165) is 77.0 Å². The molecule has 0 bridgehead atoms. The Balaban J connectivity index is 2.58. The first kappa shape index (κ1) is 80.4. The maximum atomic E-state index is 13.5. The predicted molar refractivity (Wildman–Crippen MR) is 356 cm³/mol. The van der Waals surface area contributed by atoms with E-state index < -0.39 is 67.4 Å². The van der Waals surface area contributed by atoms with Crippen molar-refractivity contribution < 1.29 is 49.3 Å². The van der Waals surface area contributed by atoms with Gasteiger partial charge >= 0.3 is 5.97 Å². The summed E-state index contributed by atoms with van der Waals surface area (Å²) in [6, 6.07) is -1.03. The van der Waals surface area contributed by atoms with Gasteiger partial charge in [-0.15, -0.1) is 0 Å². The number of unbranched alkanes of at least 4 members (excludes halogenated alkanes) is 40. The average molecular weight is 1200 g/mol. The van der Waals surface area contributed by atoms with E-state index in [1.54, 1.807) is 6.08 Å². The Morgan fingerprint density at radius 2 is 0.812 bits per heavy atom. The van der Waals surface area contributed by atoms with Gasteiger partial charge in [0, 0.05) is 6.42 Å². The molecule has 1 saturated heterocycles. The van der Waals surface area contributed by atoms with E-state index in [1.165, 1.54) is 212 Å². The van der Waals surface area contributed by atoms with Crippen LogP contribution in [0.4, 0.5) is 0 Å². The lowest BCUT2D eigenvalue weighted by Crippen LogP contribution is -2.61. The number of hydrogen-bond donors (Lipinski definition) is 6. The number of allylic oxidation sites excluding steroid dienone is 9. The monoisotopic (exact) mass is 1200 g/mol. The summed E-state index contributed by atoms with van der Waals surface area (Å²) in [6.07, 6.45) is 68.2. The topological polar surface area (TPSA) is 175 Å². The van der Waals surface area contributed by atoms with E-state index in [9.17, 15) is 35.1 Å². The summed E-state index contributed by atoms with van der Waals surface area (Å²) in [5.74, 6) is -1.19. The first-order valence-corrected chi connectivity index (χ1v) is 36.1. The molecule has 1 fully saturated rings. The van der Waals surface area contributed by atoms with Gasteiger partial charge in [-0.25, -0.2) is 0 Å². The molecule has 8 unspecified atom stereocenters. The zero-order valence-electron chi connectivity index (χ0n) is 55.2. The van der Waals surface area contributed by atoms with E-state index in [1.807, 2.05) is 6.08 Å². The molecule has 1 aliphatic rings. The second kappa shape index (κ2) is 61.6. The first-order valence-electron chi connectivity index (χ1n) is 36.1. The number of ether oxygens (including phenoxy) is 3. The predicted octanol–water partition coefficient (Wildman–Crippen LogP) is 18.5. The number of hydrogen-bond acceptors (Lipinski definition) is 10. The van der Waals surface area contributed by atoms with Crippen LogP contribution < -0.4 is 5.32 Å². The Bertz CT molecular complexity index is 1620. The quantitative estimate of drug-likeness (QED) is 0.0195. The van der Waals surface area contributed by atoms with Gasteiger partial charge in [0.1, 0.15) is 24.4 Å². The van der Waals surface area contributed by atoms with E-state index in [-0.39, 0.29) is 13.0 Å². The van der Waals surface area contributed by atoms with Crippen LogP contribution in [0.15, 0.2) is 60.8 Å². The van der Waals surface area contributed by atoms with Crippen LogP contribution >= 0.6 is 0 Å². The lowest BCUT2D eigenvalue weighted by Gasteiger charge is -2.41. The minimum absolute atomic E-state index is 0.119. The molecule has 0 spiro atoms. The summed E-state index contributed by atoms with van der Waals surface area (Å²) in [5.41, 5.74) is 0. The number of amides is 1. The highest BCUT2D eigenvalue weighted by Crippen LogP contribution is 2.26. The Morgan fingerprint density at radius 3 is 1.22 bits per heavy atom. The molecule has 0 aromatic rings. The van der Waals surface area contributed by atoms with Crippen molar-refractivity contribution in [2.45, 2.75) is 384 Å². The van der Waals surface area contributed by atoms with Gasteiger partial charge in [-0.05, 0) is 89.9 Å². The molecule has 0 saturated carbocycles. The highest BCUT2D eigenvalue weighted by molar-refractivity contribution is 5.80. The third-order valence-corrected chi connectivity index (χ3v) is 16.9. The Kier molecular flexibility index (Phi) is 58.2. The van der Waals surface area contributed by atoms with Crippen LogP contribution in [0, 0.1) is 0 Å². The van der Waals surface area contributed by atoms with Crippen LogP contribution in [-0.4, -0.2) is 99.6 Å². The van der Waals surface area contributed by atoms with Crippen molar-refractivity contribution in [3.8, 4) is 0 Å². The van der Waals surface area contributed by atoms with Crippen LogP contribution in [0.1, 0.15) is 335 Å². The van der Waals surface area contributed by atoms with Crippen molar-refractivity contribution in [2.24, 2.45) is 0 Å². The van der Waals surface area contributed by atoms with Gasteiger partial charge < -0.3 is 45.1 Å². The molecule has 0 aliphatic carbocycles. The van der Waals surface area contributed by atoms with Crippen molar-refractivity contribution >= 4 is 11.9 Å². The van der Waals surface area contributed by atoms with Gasteiger partial charge in [-0.1, -0.05) is 300 Å². The molecule has 11 heteroatoms. The second-order valence-electron chi connectivity index (χ2n) is 25.0. The lowest BCUT2D eigenvalue weighted by molar-refractivity contribution is -0.305. The molecule has 11 nitrogen and oxygen atoms in total. The number of aliphatic hydroxyl groups excluding tert-OH is 5. The summed E-state index contributed by atoms with van der Waals surface area (Å²) in [7, 11) is 0. The summed E-state index contributed by atoms with van der Waals surface area (Å²) < 4.78 is 17.7. The summed E-state index contributed by atoms with van der Waals surface area (Å²) >= 11 is 0. The molecule has 85 heavy (non-hydrogen) atoms. The van der Waals surface area contributed by atoms with Gasteiger partial charge in [0.05, 0.1) is 25.4 Å². The summed E-state index contributed by atoms with van der Waals surface area (Å²) in [5, 5.41) is 57.3. The van der Waals surface area contributed by atoms with E-state index in [4.69, 9.17) is 14.2 Å². The molecular weight excluding hydrogens is 1060 g/mol. The maximum absolute atomic E-state index is 13.5. The first-order chi connectivity index (χ1) is 41.7. The fourth-order valence-corrected chi connectivity index (χ4v) is 11.2. The molecule has 1 rings (SSSR count). The van der Waals surface area contributed by atoms with Crippen molar-refractivity contribution in [1.29, 1.82) is 0 Å². The largest absolute Gasteiger partial charge is 0.454 e. The molecule has 8 atom stereocenters. The number of aliphatic hydroxyl groups is 5. The standard InChI is InChI=1S/C74H135NO10/c1-4-7-10-13-16-19-22-25-27-29-31-32-33-34-35-37-38-40-43-46-49-52-55-58-61-67(78)73(82)75-65(66(77)60-57-54-51-48-45-42-24-21-18-15-12-9-6-3)64-83-74-72(71(81)70(80)68(63-76)84-74)85-69(79)62-59-56-53-50-47-44-41-39-36-30-28-26-23-20-17-14-11-8-5-2/h16-17,19-20,25-28,57,60,65-68,70-72,74,76-78,80-81H,4-15,18,21-24,29-56,58-59,61-64H2,1-3H3,(H,75,82)/b19-16-,20-17-,27-25-,28-26-,60-57+. The SMILES string of the molecule is CCCCC/C=C\C/C=C\CCCCCCCCCCCCCCCCC(O)C(=O)NC(COC1OC(CO)C(O)C(O)C1OC(=O)CCCCCCCCCCC/C=C\C/C=C\CCCCC)C(O)/C=C/CCCCCCCCCCCCC. The van der Waals surface area contributed by atoms with E-state index in [2.05, 4.69) is 74.7 Å². The normalized spacial score (nSPS) is 18.7. The molecule has 0 aromatic carbocycles. The van der Waals surface area contributed by atoms with Crippen LogP contribution in [0.2, 0.25) is 0 Å². The van der Waals surface area contributed by atoms with Crippen molar-refractivity contribution in [1.82, 2.24) is 5.32 Å². The smallest absolute Gasteiger partial charge is 0.306 e. The zero-order valence-corrected chi connectivity index (χ0v) is 55.2.